The highest BCUT2D eigenvalue weighted by Crippen LogP contribution is 2.22. The molecule has 2 aromatic carbocycles. The van der Waals surface area contributed by atoms with Crippen LogP contribution in [0.1, 0.15) is 10.4 Å². The van der Waals surface area contributed by atoms with Gasteiger partial charge in [0.1, 0.15) is 5.75 Å². The first-order valence-electron chi connectivity index (χ1n) is 6.63. The van der Waals surface area contributed by atoms with Gasteiger partial charge in [-0.1, -0.05) is 17.7 Å². The van der Waals surface area contributed by atoms with Gasteiger partial charge in [-0.05, 0) is 24.3 Å². The Labute approximate surface area is 141 Å². The minimum Gasteiger partial charge on any atom is -0.483 e. The van der Waals surface area contributed by atoms with E-state index >= 15 is 0 Å². The highest BCUT2D eigenvalue weighted by Gasteiger charge is 2.13. The fourth-order valence-electron chi connectivity index (χ4n) is 1.86. The van der Waals surface area contributed by atoms with Gasteiger partial charge < -0.3 is 15.8 Å². The lowest BCUT2D eigenvalue weighted by molar-refractivity contribution is -0.384. The zero-order valence-corrected chi connectivity index (χ0v) is 12.9. The van der Waals surface area contributed by atoms with E-state index in [-0.39, 0.29) is 22.7 Å². The van der Waals surface area contributed by atoms with E-state index in [2.05, 4.69) is 5.32 Å². The van der Waals surface area contributed by atoms with E-state index in [1.807, 2.05) is 0 Å². The van der Waals surface area contributed by atoms with E-state index in [4.69, 9.17) is 22.1 Å². The van der Waals surface area contributed by atoms with Gasteiger partial charge in [0.05, 0.1) is 10.5 Å². The first-order chi connectivity index (χ1) is 11.4. The molecule has 2 rings (SSSR count). The molecule has 0 fully saturated rings. The molecule has 0 aliphatic carbocycles. The van der Waals surface area contributed by atoms with Gasteiger partial charge in [-0.15, -0.1) is 0 Å². The van der Waals surface area contributed by atoms with Crippen molar-refractivity contribution in [2.75, 3.05) is 11.9 Å². The third-order valence-corrected chi connectivity index (χ3v) is 3.14. The number of nitrogens with two attached hydrogens (primary N) is 1. The average Bonchev–Trinajstić information content (AvgIpc) is 2.53. The van der Waals surface area contributed by atoms with Crippen molar-refractivity contribution in [2.24, 2.45) is 5.73 Å². The molecular weight excluding hydrogens is 338 g/mol. The lowest BCUT2D eigenvalue weighted by Gasteiger charge is -2.10. The normalized spacial score (nSPS) is 10.0. The molecule has 0 saturated heterocycles. The predicted octanol–water partition coefficient (Wildman–Crippen LogP) is 2.36. The molecule has 9 heteroatoms. The van der Waals surface area contributed by atoms with Crippen LogP contribution < -0.4 is 15.8 Å². The van der Waals surface area contributed by atoms with Crippen LogP contribution in [0.25, 0.3) is 0 Å². The largest absolute Gasteiger partial charge is 0.483 e. The van der Waals surface area contributed by atoms with Crippen molar-refractivity contribution in [3.63, 3.8) is 0 Å². The van der Waals surface area contributed by atoms with Crippen LogP contribution in [0.4, 0.5) is 11.4 Å². The molecule has 2 aromatic rings. The second-order valence-electron chi connectivity index (χ2n) is 4.65. The first-order valence-corrected chi connectivity index (χ1v) is 7.01. The molecule has 0 aliphatic rings. The second kappa shape index (κ2) is 7.42. The number of non-ortho nitro benzene ring substituents is 1. The number of amides is 2. The topological polar surface area (TPSA) is 125 Å². The number of halogens is 1. The second-order valence-corrected chi connectivity index (χ2v) is 5.09. The zero-order chi connectivity index (χ0) is 17.7. The zero-order valence-electron chi connectivity index (χ0n) is 12.2. The number of anilines is 1. The summed E-state index contributed by atoms with van der Waals surface area (Å²) in [5, 5.41) is 13.5. The van der Waals surface area contributed by atoms with Crippen molar-refractivity contribution in [3.05, 3.63) is 63.2 Å². The number of nitrogens with one attached hydrogen (secondary N) is 1. The van der Waals surface area contributed by atoms with Crippen molar-refractivity contribution in [1.29, 1.82) is 0 Å². The molecule has 24 heavy (non-hydrogen) atoms. The molecule has 3 N–H and O–H groups in total. The molecule has 0 radical (unpaired) electrons. The molecule has 0 aromatic heterocycles. The third-order valence-electron chi connectivity index (χ3n) is 2.91. The van der Waals surface area contributed by atoms with E-state index in [1.165, 1.54) is 42.5 Å². The number of rotatable bonds is 6. The molecule has 0 spiro atoms. The van der Waals surface area contributed by atoms with Crippen LogP contribution in [0, 0.1) is 10.1 Å². The molecule has 124 valence electrons. The Morgan fingerprint density at radius 1 is 1.25 bits per heavy atom. The minimum atomic E-state index is -0.744. The highest BCUT2D eigenvalue weighted by atomic mass is 35.5. The van der Waals surface area contributed by atoms with Crippen molar-refractivity contribution >= 4 is 34.8 Å². The molecule has 2 amide bonds. The molecule has 0 saturated carbocycles. The fraction of sp³-hybridized carbons (Fsp3) is 0.0667. The number of carbonyl (C=O) groups is 2. The maximum atomic E-state index is 11.9. The van der Waals surface area contributed by atoms with E-state index in [9.17, 15) is 19.7 Å². The molecule has 0 atom stereocenters. The van der Waals surface area contributed by atoms with Crippen LogP contribution in [0.5, 0.6) is 5.75 Å². The number of nitrogens with zero attached hydrogens (tertiary/aromatic N) is 1. The molecule has 0 heterocycles. The van der Waals surface area contributed by atoms with Crippen molar-refractivity contribution in [1.82, 2.24) is 0 Å². The maximum Gasteiger partial charge on any atom is 0.271 e. The van der Waals surface area contributed by atoms with Gasteiger partial charge >= 0.3 is 0 Å². The summed E-state index contributed by atoms with van der Waals surface area (Å²) in [5.74, 6) is -1.19. The number of nitro groups is 1. The maximum absolute atomic E-state index is 11.9. The molecule has 8 nitrogen and oxygen atoms in total. The number of benzene rings is 2. The Bertz CT molecular complexity index is 809. The fourth-order valence-corrected chi connectivity index (χ4v) is 2.03. The van der Waals surface area contributed by atoms with E-state index in [0.29, 0.717) is 5.02 Å². The quantitative estimate of drug-likeness (QED) is 0.611. The lowest BCUT2D eigenvalue weighted by atomic mass is 10.2. The van der Waals surface area contributed by atoms with Crippen LogP contribution in [0.2, 0.25) is 5.02 Å². The first kappa shape index (κ1) is 17.2. The van der Waals surface area contributed by atoms with E-state index < -0.39 is 23.3 Å². The van der Waals surface area contributed by atoms with Crippen LogP contribution >= 0.6 is 11.6 Å². The van der Waals surface area contributed by atoms with Crippen LogP contribution in [0.3, 0.4) is 0 Å². The number of carbonyl (C=O) groups excluding carboxylic acids is 2. The predicted molar refractivity (Wildman–Crippen MR) is 87.2 cm³/mol. The summed E-state index contributed by atoms with van der Waals surface area (Å²) in [4.78, 5) is 33.3. The SMILES string of the molecule is NC(=O)c1cc(Cl)ccc1OCC(=O)Nc1cccc([N+](=O)[O-])c1. The molecule has 0 bridgehead atoms. The lowest BCUT2D eigenvalue weighted by Crippen LogP contribution is -2.21. The molecule has 0 unspecified atom stereocenters. The Balaban J connectivity index is 2.03. The summed E-state index contributed by atoms with van der Waals surface area (Å²) in [5.41, 5.74) is 5.37. The summed E-state index contributed by atoms with van der Waals surface area (Å²) in [6.07, 6.45) is 0. The summed E-state index contributed by atoms with van der Waals surface area (Å²) in [6, 6.07) is 9.71. The Hall–Kier alpha value is -3.13. The number of ether oxygens (including phenoxy) is 1. The number of nitro benzene ring substituents is 1. The van der Waals surface area contributed by atoms with Gasteiger partial charge in [0, 0.05) is 22.8 Å². The van der Waals surface area contributed by atoms with Crippen molar-refractivity contribution in [3.8, 4) is 5.75 Å². The summed E-state index contributed by atoms with van der Waals surface area (Å²) >= 11 is 5.77. The van der Waals surface area contributed by atoms with Gasteiger partial charge in [0.15, 0.2) is 6.61 Å². The smallest absolute Gasteiger partial charge is 0.271 e. The standard InChI is InChI=1S/C15H12ClN3O5/c16-9-4-5-13(12(6-9)15(17)21)24-8-14(20)18-10-2-1-3-11(7-10)19(22)23/h1-7H,8H2,(H2,17,21)(H,18,20). The minimum absolute atomic E-state index is 0.0469. The molecule has 0 aliphatic heterocycles. The Morgan fingerprint density at radius 3 is 2.67 bits per heavy atom. The molecular formula is C15H12ClN3O5. The van der Waals surface area contributed by atoms with Crippen LogP contribution in [0.15, 0.2) is 42.5 Å². The van der Waals surface area contributed by atoms with Crippen LogP contribution in [-0.4, -0.2) is 23.3 Å². The number of hydrogen-bond acceptors (Lipinski definition) is 5. The monoisotopic (exact) mass is 349 g/mol. The van der Waals surface area contributed by atoms with Gasteiger partial charge in [-0.25, -0.2) is 0 Å². The van der Waals surface area contributed by atoms with Crippen LogP contribution in [-0.2, 0) is 4.79 Å². The third kappa shape index (κ3) is 4.43. The average molecular weight is 350 g/mol. The summed E-state index contributed by atoms with van der Waals surface area (Å²) < 4.78 is 5.26. The van der Waals surface area contributed by atoms with Gasteiger partial charge in [-0.3, -0.25) is 19.7 Å². The summed E-state index contributed by atoms with van der Waals surface area (Å²) in [7, 11) is 0. The number of hydrogen-bond donors (Lipinski definition) is 2. The Kier molecular flexibility index (Phi) is 5.33. The van der Waals surface area contributed by atoms with Gasteiger partial charge in [0.2, 0.25) is 0 Å². The van der Waals surface area contributed by atoms with Crippen molar-refractivity contribution in [2.45, 2.75) is 0 Å². The van der Waals surface area contributed by atoms with Gasteiger partial charge in [-0.2, -0.15) is 0 Å². The Morgan fingerprint density at radius 2 is 2.00 bits per heavy atom. The van der Waals surface area contributed by atoms with E-state index in [1.54, 1.807) is 0 Å². The van der Waals surface area contributed by atoms with Crippen molar-refractivity contribution < 1.29 is 19.2 Å². The highest BCUT2D eigenvalue weighted by molar-refractivity contribution is 6.31. The van der Waals surface area contributed by atoms with Gasteiger partial charge in [0.25, 0.3) is 17.5 Å². The number of primary amides is 1. The summed E-state index contributed by atoms with van der Waals surface area (Å²) in [6.45, 7) is -0.412. The van der Waals surface area contributed by atoms with E-state index in [0.717, 1.165) is 0 Å².